The molecule has 0 saturated heterocycles. The second-order valence-corrected chi connectivity index (χ2v) is 4.04. The van der Waals surface area contributed by atoms with Crippen LogP contribution in [0.25, 0.3) is 10.9 Å². The van der Waals surface area contributed by atoms with Crippen molar-refractivity contribution in [2.75, 3.05) is 5.32 Å². The van der Waals surface area contributed by atoms with Crippen molar-refractivity contribution in [3.63, 3.8) is 0 Å². The van der Waals surface area contributed by atoms with Gasteiger partial charge in [0.1, 0.15) is 5.75 Å². The number of carbonyl (C=O) groups is 2. The average molecular weight is 270 g/mol. The number of hydrogen-bond donors (Lipinski definition) is 1. The maximum absolute atomic E-state index is 11.5. The number of esters is 1. The molecule has 0 fully saturated rings. The molecule has 2 rings (SSSR count). The zero-order chi connectivity index (χ0) is 14.5. The summed E-state index contributed by atoms with van der Waals surface area (Å²) in [5, 5.41) is 3.42. The van der Waals surface area contributed by atoms with Crippen LogP contribution in [-0.2, 0) is 9.59 Å². The molecule has 0 spiro atoms. The van der Waals surface area contributed by atoms with E-state index < -0.39 is 5.97 Å². The second kappa shape index (κ2) is 5.97. The lowest BCUT2D eigenvalue weighted by Gasteiger charge is -2.10. The number of nitrogens with zero attached hydrogens (tertiary/aromatic N) is 1. The maximum atomic E-state index is 11.5. The minimum absolute atomic E-state index is 0.104. The van der Waals surface area contributed by atoms with E-state index in [4.69, 9.17) is 4.74 Å². The van der Waals surface area contributed by atoms with Gasteiger partial charge in [-0.05, 0) is 24.3 Å². The van der Waals surface area contributed by atoms with Gasteiger partial charge in [-0.1, -0.05) is 13.5 Å². The Morgan fingerprint density at radius 1 is 1.40 bits per heavy atom. The van der Waals surface area contributed by atoms with Gasteiger partial charge in [-0.15, -0.1) is 0 Å². The fourth-order valence-electron chi connectivity index (χ4n) is 1.72. The summed E-state index contributed by atoms with van der Waals surface area (Å²) < 4.78 is 5.15. The third-order valence-corrected chi connectivity index (χ3v) is 2.70. The van der Waals surface area contributed by atoms with E-state index in [0.717, 1.165) is 6.08 Å². The summed E-state index contributed by atoms with van der Waals surface area (Å²) in [5.74, 6) is -0.263. The summed E-state index contributed by atoms with van der Waals surface area (Å²) >= 11 is 0. The molecule has 102 valence electrons. The predicted octanol–water partition coefficient (Wildman–Crippen LogP) is 2.67. The Balaban J connectivity index is 2.49. The van der Waals surface area contributed by atoms with Crippen LogP contribution in [0.15, 0.2) is 43.1 Å². The highest BCUT2D eigenvalue weighted by molar-refractivity contribution is 6.02. The second-order valence-electron chi connectivity index (χ2n) is 4.04. The number of fused-ring (bicyclic) bond motifs is 1. The van der Waals surface area contributed by atoms with Crippen molar-refractivity contribution in [1.82, 2.24) is 4.98 Å². The molecule has 1 aromatic carbocycles. The summed E-state index contributed by atoms with van der Waals surface area (Å²) in [4.78, 5) is 27.0. The van der Waals surface area contributed by atoms with Crippen molar-refractivity contribution >= 4 is 28.5 Å². The molecule has 1 heterocycles. The number of benzene rings is 1. The largest absolute Gasteiger partial charge is 0.423 e. The standard InChI is InChI=1S/C15H14N2O3/c1-3-13(18)17-11-7-8-12(20-14(19)4-2)10-6-5-9-16-15(10)11/h4-9H,2-3H2,1H3,(H,17,18). The monoisotopic (exact) mass is 270 g/mol. The van der Waals surface area contributed by atoms with Crippen LogP contribution in [0.3, 0.4) is 0 Å². The molecule has 0 aliphatic carbocycles. The van der Waals surface area contributed by atoms with Crippen LogP contribution in [-0.4, -0.2) is 16.9 Å². The van der Waals surface area contributed by atoms with E-state index in [1.807, 2.05) is 0 Å². The molecule has 0 bridgehead atoms. The van der Waals surface area contributed by atoms with E-state index in [2.05, 4.69) is 16.9 Å². The number of nitrogens with one attached hydrogen (secondary N) is 1. The van der Waals surface area contributed by atoms with Crippen LogP contribution >= 0.6 is 0 Å². The Bertz CT molecular complexity index is 680. The Labute approximate surface area is 116 Å². The molecule has 0 aliphatic rings. The first-order valence-corrected chi connectivity index (χ1v) is 6.17. The van der Waals surface area contributed by atoms with Crippen molar-refractivity contribution in [2.24, 2.45) is 0 Å². The normalized spacial score (nSPS) is 10.1. The van der Waals surface area contributed by atoms with Gasteiger partial charge < -0.3 is 10.1 Å². The molecule has 0 atom stereocenters. The molecule has 5 nitrogen and oxygen atoms in total. The van der Waals surface area contributed by atoms with Crippen LogP contribution < -0.4 is 10.1 Å². The van der Waals surface area contributed by atoms with E-state index in [-0.39, 0.29) is 5.91 Å². The zero-order valence-electron chi connectivity index (χ0n) is 11.1. The highest BCUT2D eigenvalue weighted by Gasteiger charge is 2.11. The smallest absolute Gasteiger partial charge is 0.335 e. The Morgan fingerprint density at radius 2 is 2.20 bits per heavy atom. The maximum Gasteiger partial charge on any atom is 0.335 e. The van der Waals surface area contributed by atoms with Crippen molar-refractivity contribution in [1.29, 1.82) is 0 Å². The summed E-state index contributed by atoms with van der Waals surface area (Å²) in [7, 11) is 0. The Morgan fingerprint density at radius 3 is 2.90 bits per heavy atom. The molecule has 1 N–H and O–H groups in total. The number of carbonyl (C=O) groups excluding carboxylic acids is 2. The number of aromatic nitrogens is 1. The fourth-order valence-corrected chi connectivity index (χ4v) is 1.72. The quantitative estimate of drug-likeness (QED) is 0.527. The van der Waals surface area contributed by atoms with E-state index in [0.29, 0.717) is 28.8 Å². The molecule has 0 unspecified atom stereocenters. The molecule has 0 saturated carbocycles. The van der Waals surface area contributed by atoms with Crippen LogP contribution in [0.4, 0.5) is 5.69 Å². The van der Waals surface area contributed by atoms with Gasteiger partial charge in [-0.2, -0.15) is 0 Å². The van der Waals surface area contributed by atoms with Gasteiger partial charge in [-0.3, -0.25) is 9.78 Å². The highest BCUT2D eigenvalue weighted by atomic mass is 16.5. The zero-order valence-corrected chi connectivity index (χ0v) is 11.1. The molecule has 1 aromatic heterocycles. The first-order chi connectivity index (χ1) is 9.65. The number of pyridine rings is 1. The van der Waals surface area contributed by atoms with Crippen molar-refractivity contribution in [2.45, 2.75) is 13.3 Å². The summed E-state index contributed by atoms with van der Waals surface area (Å²) in [5.41, 5.74) is 1.16. The van der Waals surface area contributed by atoms with Crippen LogP contribution in [0, 0.1) is 0 Å². The van der Waals surface area contributed by atoms with E-state index in [1.165, 1.54) is 0 Å². The van der Waals surface area contributed by atoms with Crippen molar-refractivity contribution < 1.29 is 14.3 Å². The van der Waals surface area contributed by atoms with Gasteiger partial charge >= 0.3 is 5.97 Å². The van der Waals surface area contributed by atoms with Crippen molar-refractivity contribution in [3.05, 3.63) is 43.1 Å². The molecule has 0 radical (unpaired) electrons. The van der Waals surface area contributed by atoms with Gasteiger partial charge in [0, 0.05) is 24.1 Å². The van der Waals surface area contributed by atoms with Gasteiger partial charge in [0.05, 0.1) is 11.2 Å². The number of amides is 1. The summed E-state index contributed by atoms with van der Waals surface area (Å²) in [6.45, 7) is 5.13. The lowest BCUT2D eigenvalue weighted by atomic mass is 10.1. The number of hydrogen-bond acceptors (Lipinski definition) is 4. The van der Waals surface area contributed by atoms with E-state index in [1.54, 1.807) is 37.4 Å². The fraction of sp³-hybridized carbons (Fsp3) is 0.133. The van der Waals surface area contributed by atoms with Crippen LogP contribution in [0.1, 0.15) is 13.3 Å². The average Bonchev–Trinajstić information content (AvgIpc) is 2.49. The SMILES string of the molecule is C=CC(=O)Oc1ccc(NC(=O)CC)c2ncccc12. The third-order valence-electron chi connectivity index (χ3n) is 2.70. The number of ether oxygens (including phenoxy) is 1. The van der Waals surface area contributed by atoms with Crippen molar-refractivity contribution in [3.8, 4) is 5.75 Å². The topological polar surface area (TPSA) is 68.3 Å². The molecular weight excluding hydrogens is 256 g/mol. The summed E-state index contributed by atoms with van der Waals surface area (Å²) in [6.07, 6.45) is 3.08. The number of anilines is 1. The van der Waals surface area contributed by atoms with E-state index in [9.17, 15) is 9.59 Å². The predicted molar refractivity (Wildman–Crippen MR) is 76.5 cm³/mol. The number of rotatable bonds is 4. The minimum Gasteiger partial charge on any atom is -0.423 e. The van der Waals surface area contributed by atoms with Gasteiger partial charge in [0.2, 0.25) is 5.91 Å². The van der Waals surface area contributed by atoms with E-state index >= 15 is 0 Å². The third kappa shape index (κ3) is 2.83. The first-order valence-electron chi connectivity index (χ1n) is 6.17. The molecule has 20 heavy (non-hydrogen) atoms. The minimum atomic E-state index is -0.541. The van der Waals surface area contributed by atoms with Gasteiger partial charge in [-0.25, -0.2) is 4.79 Å². The Hall–Kier alpha value is -2.69. The molecule has 1 amide bonds. The van der Waals surface area contributed by atoms with Gasteiger partial charge in [0.25, 0.3) is 0 Å². The lowest BCUT2D eigenvalue weighted by molar-refractivity contribution is -0.128. The molecule has 0 aliphatic heterocycles. The molecular formula is C15H14N2O3. The van der Waals surface area contributed by atoms with Gasteiger partial charge in [0.15, 0.2) is 0 Å². The summed E-state index contributed by atoms with van der Waals surface area (Å²) in [6, 6.07) is 6.79. The molecule has 5 heteroatoms. The Kier molecular flexibility index (Phi) is 4.10. The van der Waals surface area contributed by atoms with Crippen LogP contribution in [0.5, 0.6) is 5.75 Å². The lowest BCUT2D eigenvalue weighted by Crippen LogP contribution is -2.10. The first kappa shape index (κ1) is 13.7. The van der Waals surface area contributed by atoms with Crippen LogP contribution in [0.2, 0.25) is 0 Å². The molecule has 2 aromatic rings. The highest BCUT2D eigenvalue weighted by Crippen LogP contribution is 2.30.